The minimum atomic E-state index is -0.174. The van der Waals surface area contributed by atoms with Gasteiger partial charge < -0.3 is 14.5 Å². The summed E-state index contributed by atoms with van der Waals surface area (Å²) >= 11 is 0. The van der Waals surface area contributed by atoms with Gasteiger partial charge in [0.25, 0.3) is 5.91 Å². The Labute approximate surface area is 135 Å². The van der Waals surface area contributed by atoms with Gasteiger partial charge in [-0.15, -0.1) is 0 Å². The molecule has 1 heterocycles. The van der Waals surface area contributed by atoms with Crippen LogP contribution in [-0.4, -0.2) is 24.3 Å². The number of carbonyl (C=O) groups excluding carboxylic acids is 2. The molecule has 0 fully saturated rings. The molecule has 0 bridgehead atoms. The maximum absolute atomic E-state index is 11.8. The monoisotopic (exact) mass is 315 g/mol. The summed E-state index contributed by atoms with van der Waals surface area (Å²) in [6, 6.07) is 10.5. The van der Waals surface area contributed by atoms with Crippen molar-refractivity contribution in [2.45, 2.75) is 32.7 Å². The summed E-state index contributed by atoms with van der Waals surface area (Å²) in [5.41, 5.74) is 0.619. The first kappa shape index (κ1) is 16.8. The van der Waals surface area contributed by atoms with Crippen LogP contribution in [0.25, 0.3) is 0 Å². The van der Waals surface area contributed by atoms with Crippen molar-refractivity contribution in [2.24, 2.45) is 0 Å². The molecule has 1 amide bonds. The van der Waals surface area contributed by atoms with Crippen LogP contribution in [0.3, 0.4) is 0 Å². The Morgan fingerprint density at radius 3 is 2.57 bits per heavy atom. The summed E-state index contributed by atoms with van der Waals surface area (Å²) < 4.78 is 10.7. The van der Waals surface area contributed by atoms with E-state index in [0.29, 0.717) is 11.3 Å². The molecule has 122 valence electrons. The summed E-state index contributed by atoms with van der Waals surface area (Å²) in [4.78, 5) is 23.0. The van der Waals surface area contributed by atoms with Crippen molar-refractivity contribution in [3.8, 4) is 5.75 Å². The highest BCUT2D eigenvalue weighted by Gasteiger charge is 2.09. The molecule has 0 aliphatic carbocycles. The average molecular weight is 315 g/mol. The van der Waals surface area contributed by atoms with E-state index < -0.39 is 0 Å². The third-order valence-corrected chi connectivity index (χ3v) is 3.44. The molecule has 0 aliphatic rings. The van der Waals surface area contributed by atoms with Crippen LogP contribution in [-0.2, 0) is 11.2 Å². The maximum atomic E-state index is 11.8. The lowest BCUT2D eigenvalue weighted by Crippen LogP contribution is -2.36. The molecule has 23 heavy (non-hydrogen) atoms. The first-order valence-corrected chi connectivity index (χ1v) is 7.60. The van der Waals surface area contributed by atoms with Gasteiger partial charge in [0.05, 0.1) is 6.26 Å². The van der Waals surface area contributed by atoms with Gasteiger partial charge in [-0.25, -0.2) is 0 Å². The highest BCUT2D eigenvalue weighted by Crippen LogP contribution is 2.12. The zero-order valence-corrected chi connectivity index (χ0v) is 13.4. The second kappa shape index (κ2) is 8.17. The fourth-order valence-corrected chi connectivity index (χ4v) is 2.14. The van der Waals surface area contributed by atoms with E-state index in [1.54, 1.807) is 30.5 Å². The third-order valence-electron chi connectivity index (χ3n) is 3.44. The van der Waals surface area contributed by atoms with Crippen molar-refractivity contribution in [1.29, 1.82) is 0 Å². The molecule has 2 aromatic rings. The Hall–Kier alpha value is -2.56. The zero-order valence-electron chi connectivity index (χ0n) is 13.4. The average Bonchev–Trinajstić information content (AvgIpc) is 3.05. The highest BCUT2D eigenvalue weighted by atomic mass is 16.5. The number of benzene rings is 1. The van der Waals surface area contributed by atoms with E-state index in [4.69, 9.17) is 9.15 Å². The van der Waals surface area contributed by atoms with Crippen LogP contribution in [0.1, 0.15) is 36.4 Å². The number of Topliss-reactive ketones (excluding diaryl/α,β-unsaturated/α-hetero) is 1. The molecule has 1 aromatic carbocycles. The van der Waals surface area contributed by atoms with Crippen molar-refractivity contribution in [2.75, 3.05) is 6.61 Å². The molecule has 0 spiro atoms. The van der Waals surface area contributed by atoms with E-state index in [1.165, 1.54) is 6.92 Å². The number of hydrogen-bond acceptors (Lipinski definition) is 4. The first-order chi connectivity index (χ1) is 11.0. The van der Waals surface area contributed by atoms with E-state index in [-0.39, 0.29) is 24.3 Å². The molecule has 2 rings (SSSR count). The van der Waals surface area contributed by atoms with Crippen LogP contribution < -0.4 is 10.1 Å². The van der Waals surface area contributed by atoms with Gasteiger partial charge in [-0.1, -0.05) is 0 Å². The number of furan rings is 1. The van der Waals surface area contributed by atoms with Gasteiger partial charge in [-0.2, -0.15) is 0 Å². The van der Waals surface area contributed by atoms with Crippen LogP contribution in [0.4, 0.5) is 0 Å². The maximum Gasteiger partial charge on any atom is 0.258 e. The van der Waals surface area contributed by atoms with E-state index >= 15 is 0 Å². The van der Waals surface area contributed by atoms with Crippen molar-refractivity contribution in [1.82, 2.24) is 5.32 Å². The van der Waals surface area contributed by atoms with E-state index in [9.17, 15) is 9.59 Å². The van der Waals surface area contributed by atoms with Gasteiger partial charge in [-0.3, -0.25) is 9.59 Å². The molecule has 0 saturated carbocycles. The molecule has 1 atom stereocenters. The van der Waals surface area contributed by atoms with Crippen LogP contribution >= 0.6 is 0 Å². The van der Waals surface area contributed by atoms with Crippen LogP contribution in [0.15, 0.2) is 47.1 Å². The number of carbonyl (C=O) groups is 2. The van der Waals surface area contributed by atoms with E-state index in [1.807, 2.05) is 19.1 Å². The topological polar surface area (TPSA) is 68.5 Å². The van der Waals surface area contributed by atoms with Gasteiger partial charge in [0.15, 0.2) is 12.4 Å². The largest absolute Gasteiger partial charge is 0.484 e. The van der Waals surface area contributed by atoms with Gasteiger partial charge in [0, 0.05) is 18.0 Å². The number of ketones is 1. The normalized spacial score (nSPS) is 11.7. The molecule has 1 aromatic heterocycles. The summed E-state index contributed by atoms with van der Waals surface area (Å²) in [5, 5.41) is 2.88. The number of hydrogen-bond donors (Lipinski definition) is 1. The third kappa shape index (κ3) is 5.62. The molecule has 0 radical (unpaired) electrons. The van der Waals surface area contributed by atoms with Crippen molar-refractivity contribution >= 4 is 11.7 Å². The standard InChI is InChI=1S/C18H21NO4/c1-13(5-8-16-4-3-11-22-16)19-18(21)12-23-17-9-6-15(7-10-17)14(2)20/h3-4,6-7,9-11,13H,5,8,12H2,1-2H3,(H,19,21)/t13-/m1/s1. The summed E-state index contributed by atoms with van der Waals surface area (Å²) in [7, 11) is 0. The molecule has 5 nitrogen and oxygen atoms in total. The van der Waals surface area contributed by atoms with E-state index in [0.717, 1.165) is 18.6 Å². The highest BCUT2D eigenvalue weighted by molar-refractivity contribution is 5.94. The second-order valence-electron chi connectivity index (χ2n) is 5.46. The minimum absolute atomic E-state index is 0.000301. The smallest absolute Gasteiger partial charge is 0.258 e. The summed E-state index contributed by atoms with van der Waals surface area (Å²) in [6.45, 7) is 3.40. The Morgan fingerprint density at radius 1 is 1.22 bits per heavy atom. The molecule has 0 saturated heterocycles. The molecule has 5 heteroatoms. The number of amides is 1. The van der Waals surface area contributed by atoms with Crippen molar-refractivity contribution in [3.05, 3.63) is 54.0 Å². The lowest BCUT2D eigenvalue weighted by atomic mass is 10.1. The molecule has 0 aliphatic heterocycles. The Kier molecular flexibility index (Phi) is 5.97. The van der Waals surface area contributed by atoms with Crippen LogP contribution in [0, 0.1) is 0 Å². The Bertz CT molecular complexity index is 632. The molecule has 0 unspecified atom stereocenters. The molecular formula is C18H21NO4. The molecular weight excluding hydrogens is 294 g/mol. The number of ether oxygens (including phenoxy) is 1. The number of rotatable bonds is 8. The number of aryl methyl sites for hydroxylation is 1. The van der Waals surface area contributed by atoms with Crippen molar-refractivity contribution < 1.29 is 18.7 Å². The fraction of sp³-hybridized carbons (Fsp3) is 0.333. The zero-order chi connectivity index (χ0) is 16.7. The Balaban J connectivity index is 1.70. The predicted molar refractivity (Wildman–Crippen MR) is 86.6 cm³/mol. The second-order valence-corrected chi connectivity index (χ2v) is 5.46. The van der Waals surface area contributed by atoms with Gasteiger partial charge in [-0.05, 0) is 56.7 Å². The van der Waals surface area contributed by atoms with Gasteiger partial charge >= 0.3 is 0 Å². The van der Waals surface area contributed by atoms with Gasteiger partial charge in [0.1, 0.15) is 11.5 Å². The summed E-state index contributed by atoms with van der Waals surface area (Å²) in [5.74, 6) is 1.30. The van der Waals surface area contributed by atoms with Crippen LogP contribution in [0.5, 0.6) is 5.75 Å². The Morgan fingerprint density at radius 2 is 1.96 bits per heavy atom. The minimum Gasteiger partial charge on any atom is -0.484 e. The quantitative estimate of drug-likeness (QED) is 0.760. The predicted octanol–water partition coefficient (Wildman–Crippen LogP) is 3.00. The first-order valence-electron chi connectivity index (χ1n) is 7.60. The fourth-order valence-electron chi connectivity index (χ4n) is 2.14. The van der Waals surface area contributed by atoms with Crippen molar-refractivity contribution in [3.63, 3.8) is 0 Å². The SMILES string of the molecule is CC(=O)c1ccc(OCC(=O)N[C@H](C)CCc2ccco2)cc1. The van der Waals surface area contributed by atoms with Crippen LogP contribution in [0.2, 0.25) is 0 Å². The summed E-state index contributed by atoms with van der Waals surface area (Å²) in [6.07, 6.45) is 3.22. The number of nitrogens with one attached hydrogen (secondary N) is 1. The lowest BCUT2D eigenvalue weighted by Gasteiger charge is -2.13. The van der Waals surface area contributed by atoms with E-state index in [2.05, 4.69) is 5.32 Å². The molecule has 1 N–H and O–H groups in total. The van der Waals surface area contributed by atoms with Gasteiger partial charge in [0.2, 0.25) is 0 Å². The lowest BCUT2D eigenvalue weighted by molar-refractivity contribution is -0.123.